The van der Waals surface area contributed by atoms with Crippen LogP contribution < -0.4 is 4.74 Å². The second-order valence-electron chi connectivity index (χ2n) is 3.27. The van der Waals surface area contributed by atoms with Crippen molar-refractivity contribution in [2.24, 2.45) is 0 Å². The molecule has 1 atom stereocenters. The molecule has 0 spiro atoms. The molecule has 0 saturated carbocycles. The van der Waals surface area contributed by atoms with Crippen LogP contribution in [0.1, 0.15) is 24.8 Å². The smallest absolute Gasteiger partial charge is 0.137 e. The molecule has 0 aromatic heterocycles. The molecule has 0 amide bonds. The summed E-state index contributed by atoms with van der Waals surface area (Å²) in [4.78, 5) is 0. The Balaban J connectivity index is 2.85. The standard InChI is InChI=1S/C11H14Cl2O/c1-8(5-6-12)9-3-4-11(14-2)10(13)7-9/h3-4,7-8H,5-6H2,1-2H3. The van der Waals surface area contributed by atoms with Crippen molar-refractivity contribution >= 4 is 23.2 Å². The Hall–Kier alpha value is -0.400. The highest BCUT2D eigenvalue weighted by Crippen LogP contribution is 2.29. The van der Waals surface area contributed by atoms with Crippen molar-refractivity contribution in [2.45, 2.75) is 19.3 Å². The van der Waals surface area contributed by atoms with E-state index in [1.807, 2.05) is 18.2 Å². The van der Waals surface area contributed by atoms with Crippen LogP contribution in [-0.2, 0) is 0 Å². The average Bonchev–Trinajstić information content (AvgIpc) is 2.18. The van der Waals surface area contributed by atoms with Crippen LogP contribution in [0, 0.1) is 0 Å². The number of methoxy groups -OCH3 is 1. The van der Waals surface area contributed by atoms with Crippen LogP contribution in [0.4, 0.5) is 0 Å². The van der Waals surface area contributed by atoms with E-state index in [9.17, 15) is 0 Å². The van der Waals surface area contributed by atoms with Gasteiger partial charge in [0.25, 0.3) is 0 Å². The van der Waals surface area contributed by atoms with Crippen LogP contribution in [0.25, 0.3) is 0 Å². The first-order valence-corrected chi connectivity index (χ1v) is 5.49. The van der Waals surface area contributed by atoms with E-state index >= 15 is 0 Å². The summed E-state index contributed by atoms with van der Waals surface area (Å²) < 4.78 is 5.08. The van der Waals surface area contributed by atoms with Crippen molar-refractivity contribution in [2.75, 3.05) is 13.0 Å². The van der Waals surface area contributed by atoms with Gasteiger partial charge >= 0.3 is 0 Å². The number of hydrogen-bond acceptors (Lipinski definition) is 1. The van der Waals surface area contributed by atoms with Gasteiger partial charge in [-0.2, -0.15) is 0 Å². The summed E-state index contributed by atoms with van der Waals surface area (Å²) in [5.74, 6) is 1.83. The summed E-state index contributed by atoms with van der Waals surface area (Å²) in [6.07, 6.45) is 0.963. The molecule has 0 radical (unpaired) electrons. The highest BCUT2D eigenvalue weighted by Gasteiger charge is 2.07. The van der Waals surface area contributed by atoms with Gasteiger partial charge in [0.1, 0.15) is 5.75 Å². The van der Waals surface area contributed by atoms with Gasteiger partial charge in [-0.15, -0.1) is 11.6 Å². The molecular weight excluding hydrogens is 219 g/mol. The molecule has 1 unspecified atom stereocenters. The van der Waals surface area contributed by atoms with E-state index in [-0.39, 0.29) is 0 Å². The number of benzene rings is 1. The molecule has 1 aromatic carbocycles. The van der Waals surface area contributed by atoms with Crippen LogP contribution in [0.15, 0.2) is 18.2 Å². The molecule has 3 heteroatoms. The molecule has 14 heavy (non-hydrogen) atoms. The second-order valence-corrected chi connectivity index (χ2v) is 4.06. The monoisotopic (exact) mass is 232 g/mol. The van der Waals surface area contributed by atoms with Gasteiger partial charge in [0.15, 0.2) is 0 Å². The summed E-state index contributed by atoms with van der Waals surface area (Å²) >= 11 is 11.7. The maximum atomic E-state index is 6.02. The largest absolute Gasteiger partial charge is 0.495 e. The Bertz CT molecular complexity index is 299. The molecule has 0 heterocycles. The van der Waals surface area contributed by atoms with Gasteiger partial charge in [0, 0.05) is 5.88 Å². The van der Waals surface area contributed by atoms with Gasteiger partial charge < -0.3 is 4.74 Å². The highest BCUT2D eigenvalue weighted by molar-refractivity contribution is 6.32. The van der Waals surface area contributed by atoms with Gasteiger partial charge in [-0.05, 0) is 30.0 Å². The molecule has 1 rings (SSSR count). The number of hydrogen-bond donors (Lipinski definition) is 0. The topological polar surface area (TPSA) is 9.23 Å². The van der Waals surface area contributed by atoms with Gasteiger partial charge in [-0.1, -0.05) is 24.6 Å². The summed E-state index contributed by atoms with van der Waals surface area (Å²) in [6.45, 7) is 2.14. The summed E-state index contributed by atoms with van der Waals surface area (Å²) in [5, 5.41) is 0.659. The van der Waals surface area contributed by atoms with E-state index < -0.39 is 0 Å². The number of ether oxygens (including phenoxy) is 1. The molecular formula is C11H14Cl2O. The Kier molecular flexibility index (Phi) is 4.56. The lowest BCUT2D eigenvalue weighted by molar-refractivity contribution is 0.415. The van der Waals surface area contributed by atoms with Gasteiger partial charge in [0.2, 0.25) is 0 Å². The first kappa shape index (κ1) is 11.7. The fourth-order valence-corrected chi connectivity index (χ4v) is 1.91. The number of rotatable bonds is 4. The van der Waals surface area contributed by atoms with Crippen molar-refractivity contribution in [1.82, 2.24) is 0 Å². The van der Waals surface area contributed by atoms with Crippen LogP contribution in [0.2, 0.25) is 5.02 Å². The first-order valence-electron chi connectivity index (χ1n) is 4.58. The van der Waals surface area contributed by atoms with Crippen LogP contribution in [0.5, 0.6) is 5.75 Å². The zero-order valence-corrected chi connectivity index (χ0v) is 9.90. The third-order valence-corrected chi connectivity index (χ3v) is 2.80. The number of alkyl halides is 1. The van der Waals surface area contributed by atoms with Crippen LogP contribution >= 0.6 is 23.2 Å². The molecule has 0 saturated heterocycles. The average molecular weight is 233 g/mol. The Morgan fingerprint density at radius 1 is 1.43 bits per heavy atom. The molecule has 0 bridgehead atoms. The van der Waals surface area contributed by atoms with Crippen molar-refractivity contribution in [3.63, 3.8) is 0 Å². The highest BCUT2D eigenvalue weighted by atomic mass is 35.5. The molecule has 0 aliphatic heterocycles. The lowest BCUT2D eigenvalue weighted by Crippen LogP contribution is -1.95. The molecule has 1 aromatic rings. The van der Waals surface area contributed by atoms with E-state index in [0.29, 0.717) is 22.6 Å². The third-order valence-electron chi connectivity index (χ3n) is 2.29. The minimum atomic E-state index is 0.441. The van der Waals surface area contributed by atoms with Crippen molar-refractivity contribution in [3.05, 3.63) is 28.8 Å². The van der Waals surface area contributed by atoms with E-state index in [4.69, 9.17) is 27.9 Å². The summed E-state index contributed by atoms with van der Waals surface area (Å²) in [5.41, 5.74) is 1.21. The molecule has 0 fully saturated rings. The number of halogens is 2. The summed E-state index contributed by atoms with van der Waals surface area (Å²) in [6, 6.07) is 5.86. The maximum absolute atomic E-state index is 6.02. The van der Waals surface area contributed by atoms with Crippen molar-refractivity contribution < 1.29 is 4.74 Å². The van der Waals surface area contributed by atoms with E-state index in [1.165, 1.54) is 5.56 Å². The summed E-state index contributed by atoms with van der Waals surface area (Å²) in [7, 11) is 1.61. The lowest BCUT2D eigenvalue weighted by Gasteiger charge is -2.11. The lowest BCUT2D eigenvalue weighted by atomic mass is 9.99. The van der Waals surface area contributed by atoms with Crippen LogP contribution in [-0.4, -0.2) is 13.0 Å². The van der Waals surface area contributed by atoms with Crippen molar-refractivity contribution in [3.8, 4) is 5.75 Å². The van der Waals surface area contributed by atoms with Gasteiger partial charge in [-0.3, -0.25) is 0 Å². The molecule has 0 aliphatic rings. The first-order chi connectivity index (χ1) is 6.69. The zero-order valence-electron chi connectivity index (χ0n) is 8.39. The van der Waals surface area contributed by atoms with E-state index in [1.54, 1.807) is 7.11 Å². The van der Waals surface area contributed by atoms with E-state index in [2.05, 4.69) is 6.92 Å². The quantitative estimate of drug-likeness (QED) is 0.712. The minimum Gasteiger partial charge on any atom is -0.495 e. The second kappa shape index (κ2) is 5.47. The fraction of sp³-hybridized carbons (Fsp3) is 0.455. The van der Waals surface area contributed by atoms with E-state index in [0.717, 1.165) is 6.42 Å². The molecule has 0 aliphatic carbocycles. The van der Waals surface area contributed by atoms with Gasteiger partial charge in [-0.25, -0.2) is 0 Å². The zero-order chi connectivity index (χ0) is 10.6. The Morgan fingerprint density at radius 2 is 2.14 bits per heavy atom. The normalized spacial score (nSPS) is 12.6. The predicted molar refractivity (Wildman–Crippen MR) is 61.8 cm³/mol. The fourth-order valence-electron chi connectivity index (χ4n) is 1.32. The van der Waals surface area contributed by atoms with Crippen molar-refractivity contribution in [1.29, 1.82) is 0 Å². The minimum absolute atomic E-state index is 0.441. The van der Waals surface area contributed by atoms with Crippen LogP contribution in [0.3, 0.4) is 0 Å². The third kappa shape index (κ3) is 2.79. The van der Waals surface area contributed by atoms with Gasteiger partial charge in [0.05, 0.1) is 12.1 Å². The Labute approximate surface area is 95.0 Å². The molecule has 1 nitrogen and oxygen atoms in total. The predicted octanol–water partition coefficient (Wildman–Crippen LogP) is 4.08. The SMILES string of the molecule is COc1ccc(C(C)CCCl)cc1Cl. The Morgan fingerprint density at radius 3 is 2.64 bits per heavy atom. The maximum Gasteiger partial charge on any atom is 0.137 e. The molecule has 0 N–H and O–H groups in total. The molecule has 78 valence electrons.